The van der Waals surface area contributed by atoms with Gasteiger partial charge < -0.3 is 21.7 Å². The highest BCUT2D eigenvalue weighted by atomic mass is 16.1. The van der Waals surface area contributed by atoms with Gasteiger partial charge in [0.05, 0.1) is 18.4 Å². The number of hydrogen-bond acceptors (Lipinski definition) is 8. The Kier molecular flexibility index (Phi) is 5.83. The average molecular weight is 380 g/mol. The second-order valence-corrected chi connectivity index (χ2v) is 6.51. The van der Waals surface area contributed by atoms with Gasteiger partial charge in [-0.25, -0.2) is 9.97 Å². The van der Waals surface area contributed by atoms with Gasteiger partial charge >= 0.3 is 0 Å². The summed E-state index contributed by atoms with van der Waals surface area (Å²) in [5.41, 5.74) is 14.6. The maximum Gasteiger partial charge on any atom is 0.251 e. The lowest BCUT2D eigenvalue weighted by Gasteiger charge is -2.19. The Morgan fingerprint density at radius 2 is 1.89 bits per heavy atom. The minimum Gasteiger partial charge on any atom is -0.382 e. The number of carbonyl (C=O) groups is 1. The summed E-state index contributed by atoms with van der Waals surface area (Å²) < 4.78 is 0. The van der Waals surface area contributed by atoms with Gasteiger partial charge in [-0.05, 0) is 30.7 Å². The molecule has 0 aliphatic carbocycles. The van der Waals surface area contributed by atoms with Crippen LogP contribution in [0.15, 0.2) is 30.5 Å². The Hall–Kier alpha value is -3.49. The quantitative estimate of drug-likeness (QED) is 0.527. The SMILES string of the molecule is CCCCNC(=O)c1ccc(N(C)Cc2cnc3nc(N)nc(N)c3n2)cc1. The van der Waals surface area contributed by atoms with Crippen molar-refractivity contribution in [1.29, 1.82) is 0 Å². The van der Waals surface area contributed by atoms with Gasteiger partial charge in [0.2, 0.25) is 5.95 Å². The minimum atomic E-state index is -0.0576. The van der Waals surface area contributed by atoms with Crippen LogP contribution in [0.3, 0.4) is 0 Å². The van der Waals surface area contributed by atoms with E-state index in [0.717, 1.165) is 24.2 Å². The van der Waals surface area contributed by atoms with Gasteiger partial charge in [0.15, 0.2) is 17.0 Å². The molecule has 5 N–H and O–H groups in total. The van der Waals surface area contributed by atoms with Gasteiger partial charge in [0.1, 0.15) is 0 Å². The molecule has 9 nitrogen and oxygen atoms in total. The van der Waals surface area contributed by atoms with E-state index in [1.807, 2.05) is 36.2 Å². The second-order valence-electron chi connectivity index (χ2n) is 6.51. The molecule has 0 fully saturated rings. The van der Waals surface area contributed by atoms with Crippen LogP contribution in [0, 0.1) is 0 Å². The third-order valence-electron chi connectivity index (χ3n) is 4.29. The molecule has 0 spiro atoms. The summed E-state index contributed by atoms with van der Waals surface area (Å²) in [4.78, 5) is 30.8. The molecule has 9 heteroatoms. The van der Waals surface area contributed by atoms with Gasteiger partial charge in [-0.1, -0.05) is 13.3 Å². The molecule has 0 radical (unpaired) electrons. The number of nitrogen functional groups attached to an aromatic ring is 2. The van der Waals surface area contributed by atoms with Crippen LogP contribution in [0.1, 0.15) is 35.8 Å². The van der Waals surface area contributed by atoms with Crippen molar-refractivity contribution in [3.05, 3.63) is 41.7 Å². The maximum absolute atomic E-state index is 12.1. The number of aromatic nitrogens is 4. The van der Waals surface area contributed by atoms with E-state index in [0.29, 0.717) is 29.8 Å². The summed E-state index contributed by atoms with van der Waals surface area (Å²) >= 11 is 0. The summed E-state index contributed by atoms with van der Waals surface area (Å²) in [6.45, 7) is 3.29. The summed E-state index contributed by atoms with van der Waals surface area (Å²) in [6, 6.07) is 7.43. The third-order valence-corrected chi connectivity index (χ3v) is 4.29. The van der Waals surface area contributed by atoms with E-state index in [1.165, 1.54) is 0 Å². The standard InChI is InChI=1S/C19H24N8O/c1-3-4-9-22-18(28)12-5-7-14(8-6-12)27(2)11-13-10-23-17-15(24-13)16(20)25-19(21)26-17/h5-8,10H,3-4,9,11H2,1-2H3,(H,22,28)(H4,20,21,23,25,26). The molecular formula is C19H24N8O. The topological polar surface area (TPSA) is 136 Å². The predicted octanol–water partition coefficient (Wildman–Crippen LogP) is 1.75. The van der Waals surface area contributed by atoms with E-state index in [-0.39, 0.29) is 17.7 Å². The van der Waals surface area contributed by atoms with Crippen molar-refractivity contribution in [2.45, 2.75) is 26.3 Å². The lowest BCUT2D eigenvalue weighted by molar-refractivity contribution is 0.0953. The number of rotatable bonds is 7. The highest BCUT2D eigenvalue weighted by Gasteiger charge is 2.10. The first-order valence-electron chi connectivity index (χ1n) is 9.12. The number of anilines is 3. The van der Waals surface area contributed by atoms with Crippen LogP contribution >= 0.6 is 0 Å². The predicted molar refractivity (Wildman–Crippen MR) is 110 cm³/mol. The fraction of sp³-hybridized carbons (Fsp3) is 0.316. The van der Waals surface area contributed by atoms with E-state index in [1.54, 1.807) is 6.20 Å². The summed E-state index contributed by atoms with van der Waals surface area (Å²) in [5, 5.41) is 2.91. The Labute approximate surface area is 163 Å². The lowest BCUT2D eigenvalue weighted by Crippen LogP contribution is -2.24. The highest BCUT2D eigenvalue weighted by Crippen LogP contribution is 2.18. The number of amides is 1. The fourth-order valence-corrected chi connectivity index (χ4v) is 2.74. The van der Waals surface area contributed by atoms with E-state index < -0.39 is 0 Å². The van der Waals surface area contributed by atoms with Crippen molar-refractivity contribution in [1.82, 2.24) is 25.3 Å². The second kappa shape index (κ2) is 8.47. The van der Waals surface area contributed by atoms with Gasteiger partial charge in [-0.3, -0.25) is 4.79 Å². The van der Waals surface area contributed by atoms with Gasteiger partial charge in [0, 0.05) is 24.8 Å². The smallest absolute Gasteiger partial charge is 0.251 e. The van der Waals surface area contributed by atoms with Crippen molar-refractivity contribution < 1.29 is 4.79 Å². The van der Waals surface area contributed by atoms with Crippen molar-refractivity contribution in [2.24, 2.45) is 0 Å². The van der Waals surface area contributed by atoms with Gasteiger partial charge in [-0.2, -0.15) is 9.97 Å². The molecule has 3 aromatic rings. The van der Waals surface area contributed by atoms with Gasteiger partial charge in [-0.15, -0.1) is 0 Å². The molecule has 0 bridgehead atoms. The van der Waals surface area contributed by atoms with Gasteiger partial charge in [0.25, 0.3) is 5.91 Å². The van der Waals surface area contributed by atoms with E-state index in [2.05, 4.69) is 32.2 Å². The molecule has 0 saturated carbocycles. The molecule has 0 aliphatic rings. The molecule has 146 valence electrons. The van der Waals surface area contributed by atoms with Crippen LogP contribution in [0.25, 0.3) is 11.2 Å². The van der Waals surface area contributed by atoms with Crippen LogP contribution in [-0.4, -0.2) is 39.4 Å². The average Bonchev–Trinajstić information content (AvgIpc) is 2.68. The molecule has 0 aliphatic heterocycles. The molecule has 3 rings (SSSR count). The van der Waals surface area contributed by atoms with Crippen LogP contribution < -0.4 is 21.7 Å². The number of nitrogens with two attached hydrogens (primary N) is 2. The van der Waals surface area contributed by atoms with Crippen LogP contribution in [0.2, 0.25) is 0 Å². The first kappa shape index (κ1) is 19.3. The highest BCUT2D eigenvalue weighted by molar-refractivity contribution is 5.94. The van der Waals surface area contributed by atoms with Crippen molar-refractivity contribution in [2.75, 3.05) is 30.0 Å². The Balaban J connectivity index is 1.70. The molecule has 0 atom stereocenters. The van der Waals surface area contributed by atoms with Crippen molar-refractivity contribution in [3.8, 4) is 0 Å². The molecule has 28 heavy (non-hydrogen) atoms. The molecule has 1 aromatic carbocycles. The first-order chi connectivity index (χ1) is 13.5. The number of carbonyl (C=O) groups excluding carboxylic acids is 1. The van der Waals surface area contributed by atoms with E-state index in [4.69, 9.17) is 11.5 Å². The number of benzene rings is 1. The van der Waals surface area contributed by atoms with Crippen LogP contribution in [0.4, 0.5) is 17.5 Å². The number of nitrogens with zero attached hydrogens (tertiary/aromatic N) is 5. The van der Waals surface area contributed by atoms with E-state index >= 15 is 0 Å². The number of hydrogen-bond donors (Lipinski definition) is 3. The normalized spacial score (nSPS) is 10.8. The lowest BCUT2D eigenvalue weighted by atomic mass is 10.1. The molecule has 0 unspecified atom stereocenters. The number of unbranched alkanes of at least 4 members (excludes halogenated alkanes) is 1. The maximum atomic E-state index is 12.1. The van der Waals surface area contributed by atoms with Crippen molar-refractivity contribution in [3.63, 3.8) is 0 Å². The molecule has 2 aromatic heterocycles. The summed E-state index contributed by atoms with van der Waals surface area (Å²) in [5.74, 6) is 0.221. The molecular weight excluding hydrogens is 356 g/mol. The van der Waals surface area contributed by atoms with Crippen LogP contribution in [-0.2, 0) is 6.54 Å². The largest absolute Gasteiger partial charge is 0.382 e. The van der Waals surface area contributed by atoms with E-state index in [9.17, 15) is 4.79 Å². The molecule has 2 heterocycles. The molecule has 0 saturated heterocycles. The molecule has 1 amide bonds. The van der Waals surface area contributed by atoms with Crippen LogP contribution in [0.5, 0.6) is 0 Å². The monoisotopic (exact) mass is 380 g/mol. The minimum absolute atomic E-state index is 0.0576. The van der Waals surface area contributed by atoms with Crippen molar-refractivity contribution >= 4 is 34.5 Å². The Morgan fingerprint density at radius 3 is 2.61 bits per heavy atom. The Morgan fingerprint density at radius 1 is 1.14 bits per heavy atom. The Bertz CT molecular complexity index is 974. The first-order valence-corrected chi connectivity index (χ1v) is 9.12. The number of nitrogens with one attached hydrogen (secondary N) is 1. The summed E-state index contributed by atoms with van der Waals surface area (Å²) in [7, 11) is 1.94. The fourth-order valence-electron chi connectivity index (χ4n) is 2.74. The zero-order valence-electron chi connectivity index (χ0n) is 16.0. The zero-order chi connectivity index (χ0) is 20.1. The number of fused-ring (bicyclic) bond motifs is 1. The third kappa shape index (κ3) is 4.43. The summed E-state index contributed by atoms with van der Waals surface area (Å²) in [6.07, 6.45) is 3.66. The zero-order valence-corrected chi connectivity index (χ0v) is 16.0.